The monoisotopic (exact) mass is 564 g/mol. The number of halogens is 4. The first kappa shape index (κ1) is 26.6. The van der Waals surface area contributed by atoms with Gasteiger partial charge < -0.3 is 15.7 Å². The number of H-pyrrole nitrogens is 1. The van der Waals surface area contributed by atoms with Crippen molar-refractivity contribution >= 4 is 62.4 Å². The van der Waals surface area contributed by atoms with Gasteiger partial charge in [0.25, 0.3) is 5.91 Å². The molecule has 0 aliphatic carbocycles. The number of aryl methyl sites for hydroxylation is 1. The number of aromatic nitrogens is 6. The topological polar surface area (TPSA) is 151 Å². The first-order valence-corrected chi connectivity index (χ1v) is 11.6. The molecule has 11 nitrogen and oxygen atoms in total. The second-order valence-corrected chi connectivity index (χ2v) is 8.61. The van der Waals surface area contributed by atoms with Gasteiger partial charge in [-0.3, -0.25) is 14.6 Å². The lowest BCUT2D eigenvalue weighted by Crippen LogP contribution is -2.21. The van der Waals surface area contributed by atoms with Crippen molar-refractivity contribution < 1.29 is 27.9 Å². The molecular weight excluding hydrogens is 549 g/mol. The van der Waals surface area contributed by atoms with Gasteiger partial charge in [-0.1, -0.05) is 23.7 Å². The number of rotatable bonds is 5. The standard InChI is InChI=1S/C20H15ClN8OS.C2HF3O2/c1-29-16(7-8-23-29)19(30)24-12-4-2-3-11(9-12)18-26-20(31-28-18)25-15-6-5-14-13(17(15)21)10-22-27-14;3-2(4,5)1(6)7/h2-10H,1H3,(H,22,27)(H,24,30)(H,25,26,28);(H,6,7). The highest BCUT2D eigenvalue weighted by Gasteiger charge is 2.38. The van der Waals surface area contributed by atoms with E-state index in [1.807, 2.05) is 36.4 Å². The molecule has 0 saturated heterocycles. The van der Waals surface area contributed by atoms with E-state index in [0.29, 0.717) is 27.4 Å². The maximum atomic E-state index is 12.4. The number of carboxylic acid groups (broad SMARTS) is 1. The summed E-state index contributed by atoms with van der Waals surface area (Å²) in [7, 11) is 1.72. The van der Waals surface area contributed by atoms with Crippen LogP contribution in [-0.2, 0) is 11.8 Å². The minimum absolute atomic E-state index is 0.241. The smallest absolute Gasteiger partial charge is 0.475 e. The molecule has 0 aliphatic heterocycles. The Morgan fingerprint density at radius 3 is 2.63 bits per heavy atom. The Labute approximate surface area is 220 Å². The van der Waals surface area contributed by atoms with Crippen LogP contribution in [0.4, 0.5) is 29.7 Å². The molecule has 0 unspecified atom stereocenters. The van der Waals surface area contributed by atoms with Crippen LogP contribution in [0.5, 0.6) is 0 Å². The van der Waals surface area contributed by atoms with Crippen molar-refractivity contribution in [1.29, 1.82) is 0 Å². The third kappa shape index (κ3) is 6.07. The highest BCUT2D eigenvalue weighted by molar-refractivity contribution is 7.10. The van der Waals surface area contributed by atoms with Crippen LogP contribution in [0, 0.1) is 0 Å². The summed E-state index contributed by atoms with van der Waals surface area (Å²) < 4.78 is 37.7. The molecule has 0 saturated carbocycles. The lowest BCUT2D eigenvalue weighted by molar-refractivity contribution is -0.192. The van der Waals surface area contributed by atoms with Crippen LogP contribution in [0.15, 0.2) is 54.9 Å². The van der Waals surface area contributed by atoms with Crippen LogP contribution in [0.1, 0.15) is 10.5 Å². The molecule has 0 radical (unpaired) electrons. The van der Waals surface area contributed by atoms with Gasteiger partial charge in [-0.2, -0.15) is 32.7 Å². The number of hydrogen-bond acceptors (Lipinski definition) is 8. The first-order valence-electron chi connectivity index (χ1n) is 10.4. The Morgan fingerprint density at radius 1 is 1.18 bits per heavy atom. The average molecular weight is 565 g/mol. The molecule has 5 rings (SSSR count). The zero-order chi connectivity index (χ0) is 27.4. The van der Waals surface area contributed by atoms with Crippen LogP contribution >= 0.6 is 23.1 Å². The number of aromatic amines is 1. The molecule has 5 aromatic rings. The molecule has 4 N–H and O–H groups in total. The first-order chi connectivity index (χ1) is 18.0. The third-order valence-electron chi connectivity index (χ3n) is 4.90. The number of amides is 1. The summed E-state index contributed by atoms with van der Waals surface area (Å²) in [5, 5.41) is 26.1. The number of benzene rings is 2. The number of fused-ring (bicyclic) bond motifs is 1. The molecule has 1 amide bonds. The maximum absolute atomic E-state index is 12.4. The van der Waals surface area contributed by atoms with Gasteiger partial charge >= 0.3 is 12.1 Å². The van der Waals surface area contributed by atoms with Gasteiger partial charge in [0, 0.05) is 41.4 Å². The van der Waals surface area contributed by atoms with Crippen molar-refractivity contribution in [2.24, 2.45) is 7.05 Å². The van der Waals surface area contributed by atoms with Crippen molar-refractivity contribution in [3.8, 4) is 11.4 Å². The van der Waals surface area contributed by atoms with E-state index in [1.165, 1.54) is 16.2 Å². The van der Waals surface area contributed by atoms with Gasteiger partial charge in [-0.15, -0.1) is 0 Å². The summed E-state index contributed by atoms with van der Waals surface area (Å²) in [6, 6.07) is 12.8. The van der Waals surface area contributed by atoms with E-state index >= 15 is 0 Å². The van der Waals surface area contributed by atoms with E-state index in [2.05, 4.69) is 35.3 Å². The minimum Gasteiger partial charge on any atom is -0.475 e. The van der Waals surface area contributed by atoms with E-state index in [9.17, 15) is 18.0 Å². The normalized spacial score (nSPS) is 11.1. The van der Waals surface area contributed by atoms with Gasteiger partial charge in [0.2, 0.25) is 5.13 Å². The summed E-state index contributed by atoms with van der Waals surface area (Å²) in [5.74, 6) is -2.45. The number of nitrogens with zero attached hydrogens (tertiary/aromatic N) is 5. The Hall–Kier alpha value is -4.50. The average Bonchev–Trinajstić information content (AvgIpc) is 3.62. The predicted molar refractivity (Wildman–Crippen MR) is 135 cm³/mol. The quantitative estimate of drug-likeness (QED) is 0.230. The van der Waals surface area contributed by atoms with Crippen LogP contribution in [0.25, 0.3) is 22.3 Å². The number of aliphatic carboxylic acids is 1. The molecule has 2 aromatic carbocycles. The molecule has 0 spiro atoms. The predicted octanol–water partition coefficient (Wildman–Crippen LogP) is 5.10. The number of anilines is 3. The van der Waals surface area contributed by atoms with Crippen molar-refractivity contribution in [3.63, 3.8) is 0 Å². The fraction of sp³-hybridized carbons (Fsp3) is 0.0909. The van der Waals surface area contributed by atoms with Crippen LogP contribution < -0.4 is 10.6 Å². The van der Waals surface area contributed by atoms with E-state index in [0.717, 1.165) is 22.2 Å². The Kier molecular flexibility index (Phi) is 7.59. The molecule has 196 valence electrons. The molecule has 3 aromatic heterocycles. The van der Waals surface area contributed by atoms with Gasteiger partial charge in [0.05, 0.1) is 22.4 Å². The highest BCUT2D eigenvalue weighted by Crippen LogP contribution is 2.33. The maximum Gasteiger partial charge on any atom is 0.490 e. The summed E-state index contributed by atoms with van der Waals surface area (Å²) in [5.41, 5.74) is 3.47. The van der Waals surface area contributed by atoms with Gasteiger partial charge in [0.15, 0.2) is 5.82 Å². The minimum atomic E-state index is -5.08. The highest BCUT2D eigenvalue weighted by atomic mass is 35.5. The summed E-state index contributed by atoms with van der Waals surface area (Å²) in [6.07, 6.45) is -1.82. The van der Waals surface area contributed by atoms with Crippen molar-refractivity contribution in [1.82, 2.24) is 29.3 Å². The SMILES string of the molecule is Cn1nccc1C(=O)Nc1cccc(-c2nsc(Nc3ccc4[nH]ncc4c3Cl)n2)c1.O=C(O)C(F)(F)F. The van der Waals surface area contributed by atoms with Crippen LogP contribution in [0.2, 0.25) is 5.02 Å². The fourth-order valence-electron chi connectivity index (χ4n) is 3.11. The van der Waals surface area contributed by atoms with E-state index in [-0.39, 0.29) is 5.91 Å². The number of nitrogens with one attached hydrogen (secondary N) is 3. The number of hydrogen-bond donors (Lipinski definition) is 4. The second kappa shape index (κ2) is 10.9. The lowest BCUT2D eigenvalue weighted by Gasteiger charge is -2.06. The Bertz CT molecular complexity index is 1610. The molecule has 0 aliphatic rings. The number of carboxylic acids is 1. The number of carbonyl (C=O) groups is 2. The van der Waals surface area contributed by atoms with Gasteiger partial charge in [0.1, 0.15) is 5.69 Å². The molecule has 16 heteroatoms. The van der Waals surface area contributed by atoms with Crippen LogP contribution in [0.3, 0.4) is 0 Å². The van der Waals surface area contributed by atoms with E-state index in [1.54, 1.807) is 25.5 Å². The van der Waals surface area contributed by atoms with Gasteiger partial charge in [-0.25, -0.2) is 4.79 Å². The largest absolute Gasteiger partial charge is 0.490 e. The fourth-order valence-corrected chi connectivity index (χ4v) is 3.98. The Morgan fingerprint density at radius 2 is 1.95 bits per heavy atom. The van der Waals surface area contributed by atoms with E-state index < -0.39 is 12.1 Å². The Balaban J connectivity index is 0.000000426. The van der Waals surface area contributed by atoms with Crippen molar-refractivity contribution in [2.45, 2.75) is 6.18 Å². The summed E-state index contributed by atoms with van der Waals surface area (Å²) in [6.45, 7) is 0. The van der Waals surface area contributed by atoms with Gasteiger partial charge in [-0.05, 0) is 30.3 Å². The van der Waals surface area contributed by atoms with E-state index in [4.69, 9.17) is 21.5 Å². The summed E-state index contributed by atoms with van der Waals surface area (Å²) in [4.78, 5) is 25.9. The van der Waals surface area contributed by atoms with Crippen LogP contribution in [-0.4, -0.2) is 52.5 Å². The van der Waals surface area contributed by atoms with Crippen molar-refractivity contribution in [2.75, 3.05) is 10.6 Å². The lowest BCUT2D eigenvalue weighted by atomic mass is 10.2. The molecule has 0 atom stereocenters. The van der Waals surface area contributed by atoms with Crippen molar-refractivity contribution in [3.05, 3.63) is 65.6 Å². The molecule has 0 fully saturated rings. The molecule has 3 heterocycles. The molecule has 38 heavy (non-hydrogen) atoms. The summed E-state index contributed by atoms with van der Waals surface area (Å²) >= 11 is 7.69. The molecular formula is C22H16ClF3N8O3S. The number of carbonyl (C=O) groups excluding carboxylic acids is 1. The zero-order valence-electron chi connectivity index (χ0n) is 19.1. The zero-order valence-corrected chi connectivity index (χ0v) is 20.7. The second-order valence-electron chi connectivity index (χ2n) is 7.48. The number of alkyl halides is 3. The third-order valence-corrected chi connectivity index (χ3v) is 5.94. The molecule has 0 bridgehead atoms.